The van der Waals surface area contributed by atoms with Crippen molar-refractivity contribution in [3.8, 4) is 23.3 Å². The van der Waals surface area contributed by atoms with Gasteiger partial charge in [0.1, 0.15) is 0 Å². The largest absolute Gasteiger partial charge is 0.504 e. The van der Waals surface area contributed by atoms with E-state index in [1.165, 1.54) is 0 Å². The number of hydrogen-bond acceptors (Lipinski definition) is 4. The van der Waals surface area contributed by atoms with Gasteiger partial charge in [-0.05, 0) is 40.0 Å². The molecule has 126 valence electrons. The van der Waals surface area contributed by atoms with E-state index in [1.54, 1.807) is 13.2 Å². The molecule has 0 aromatic heterocycles. The number of phenols is 1. The minimum absolute atomic E-state index is 0.0192. The molecular formula is C19H27NO3. The van der Waals surface area contributed by atoms with Crippen LogP contribution in [0.4, 0.5) is 0 Å². The first kappa shape index (κ1) is 19.1. The van der Waals surface area contributed by atoms with Crippen LogP contribution in [0.15, 0.2) is 30.4 Å². The molecule has 1 rings (SSSR count). The van der Waals surface area contributed by atoms with E-state index in [2.05, 4.69) is 37.5 Å². The standard InChI is InChI=1S/C19H27NO3/c1-19(2,3)12-7-6-8-13-20(4)14-16-10-9-11-17(21)18(16)23-15-22-5/h6,8-11,21H,13-15H2,1-5H3/b8-6+. The molecule has 0 aliphatic heterocycles. The second-order valence-corrected chi connectivity index (χ2v) is 6.43. The number of methoxy groups -OCH3 is 1. The number of para-hydroxylation sites is 1. The molecule has 0 aliphatic rings. The van der Waals surface area contributed by atoms with Gasteiger partial charge in [-0.2, -0.15) is 0 Å². The minimum Gasteiger partial charge on any atom is -0.504 e. The van der Waals surface area contributed by atoms with E-state index in [1.807, 2.05) is 31.3 Å². The third kappa shape index (κ3) is 7.73. The van der Waals surface area contributed by atoms with Crippen molar-refractivity contribution < 1.29 is 14.6 Å². The fourth-order valence-electron chi connectivity index (χ4n) is 1.89. The van der Waals surface area contributed by atoms with Gasteiger partial charge in [0.2, 0.25) is 0 Å². The number of allylic oxidation sites excluding steroid dienone is 1. The lowest BCUT2D eigenvalue weighted by molar-refractivity contribution is 0.0480. The maximum Gasteiger partial charge on any atom is 0.188 e. The van der Waals surface area contributed by atoms with Crippen LogP contribution in [0.5, 0.6) is 11.5 Å². The maximum absolute atomic E-state index is 9.92. The average Bonchev–Trinajstić information content (AvgIpc) is 2.45. The molecule has 0 heterocycles. The maximum atomic E-state index is 9.92. The number of aromatic hydroxyl groups is 1. The summed E-state index contributed by atoms with van der Waals surface area (Å²) in [5.74, 6) is 6.81. The van der Waals surface area contributed by atoms with Crippen LogP contribution in [0.3, 0.4) is 0 Å². The van der Waals surface area contributed by atoms with E-state index in [9.17, 15) is 5.11 Å². The molecule has 4 nitrogen and oxygen atoms in total. The highest BCUT2D eigenvalue weighted by Crippen LogP contribution is 2.30. The lowest BCUT2D eigenvalue weighted by atomic mass is 9.98. The number of benzene rings is 1. The summed E-state index contributed by atoms with van der Waals surface area (Å²) in [5, 5.41) is 9.92. The van der Waals surface area contributed by atoms with Gasteiger partial charge in [-0.3, -0.25) is 4.90 Å². The van der Waals surface area contributed by atoms with Crippen molar-refractivity contribution in [1.82, 2.24) is 4.90 Å². The molecule has 4 heteroatoms. The van der Waals surface area contributed by atoms with Crippen LogP contribution in [-0.2, 0) is 11.3 Å². The molecule has 0 saturated heterocycles. The molecule has 1 aromatic rings. The first-order chi connectivity index (χ1) is 10.8. The van der Waals surface area contributed by atoms with Gasteiger partial charge in [-0.25, -0.2) is 0 Å². The Labute approximate surface area is 139 Å². The Morgan fingerprint density at radius 2 is 2.04 bits per heavy atom. The molecule has 0 bridgehead atoms. The van der Waals surface area contributed by atoms with Gasteiger partial charge in [0.25, 0.3) is 0 Å². The Hall–Kier alpha value is -1.96. The summed E-state index contributed by atoms with van der Waals surface area (Å²) >= 11 is 0. The highest BCUT2D eigenvalue weighted by molar-refractivity contribution is 5.45. The number of hydrogen-bond donors (Lipinski definition) is 1. The van der Waals surface area contributed by atoms with Crippen LogP contribution < -0.4 is 4.74 Å². The Kier molecular flexibility index (Phi) is 7.67. The summed E-state index contributed by atoms with van der Waals surface area (Å²) < 4.78 is 10.4. The van der Waals surface area contributed by atoms with Crippen LogP contribution in [0.1, 0.15) is 26.3 Å². The molecule has 1 N–H and O–H groups in total. The third-order valence-electron chi connectivity index (χ3n) is 2.90. The zero-order chi connectivity index (χ0) is 17.3. The second-order valence-electron chi connectivity index (χ2n) is 6.43. The minimum atomic E-state index is 0.0192. The first-order valence-corrected chi connectivity index (χ1v) is 7.62. The molecule has 0 atom stereocenters. The molecule has 0 aliphatic carbocycles. The van der Waals surface area contributed by atoms with Crippen molar-refractivity contribution in [2.24, 2.45) is 5.41 Å². The van der Waals surface area contributed by atoms with Gasteiger partial charge in [0, 0.05) is 31.2 Å². The van der Waals surface area contributed by atoms with E-state index in [0.717, 1.165) is 12.1 Å². The topological polar surface area (TPSA) is 41.9 Å². The Balaban J connectivity index is 2.63. The summed E-state index contributed by atoms with van der Waals surface area (Å²) in [4.78, 5) is 2.11. The first-order valence-electron chi connectivity index (χ1n) is 7.62. The van der Waals surface area contributed by atoms with Crippen LogP contribution in [-0.4, -0.2) is 37.5 Å². The second kappa shape index (κ2) is 9.24. The van der Waals surface area contributed by atoms with Gasteiger partial charge < -0.3 is 14.6 Å². The predicted molar refractivity (Wildman–Crippen MR) is 93.3 cm³/mol. The molecule has 0 fully saturated rings. The van der Waals surface area contributed by atoms with Crippen molar-refractivity contribution in [1.29, 1.82) is 0 Å². The average molecular weight is 317 g/mol. The number of phenolic OH excluding ortho intramolecular Hbond substituents is 1. The molecule has 0 radical (unpaired) electrons. The van der Waals surface area contributed by atoms with Gasteiger partial charge in [-0.1, -0.05) is 30.0 Å². The molecule has 1 aromatic carbocycles. The Morgan fingerprint density at radius 1 is 1.30 bits per heavy atom. The molecule has 23 heavy (non-hydrogen) atoms. The van der Waals surface area contributed by atoms with E-state index in [-0.39, 0.29) is 18.0 Å². The van der Waals surface area contributed by atoms with Gasteiger partial charge >= 0.3 is 0 Å². The lowest BCUT2D eigenvalue weighted by Crippen LogP contribution is -2.18. The molecule has 0 unspecified atom stereocenters. The van der Waals surface area contributed by atoms with E-state index in [4.69, 9.17) is 9.47 Å². The Morgan fingerprint density at radius 3 is 2.70 bits per heavy atom. The number of nitrogens with zero attached hydrogens (tertiary/aromatic N) is 1. The van der Waals surface area contributed by atoms with Crippen LogP contribution >= 0.6 is 0 Å². The van der Waals surface area contributed by atoms with E-state index in [0.29, 0.717) is 12.3 Å². The normalized spacial score (nSPS) is 11.6. The summed E-state index contributed by atoms with van der Waals surface area (Å²) in [6.45, 7) is 7.79. The van der Waals surface area contributed by atoms with Crippen LogP contribution in [0.2, 0.25) is 0 Å². The summed E-state index contributed by atoms with van der Waals surface area (Å²) in [6, 6.07) is 5.35. The zero-order valence-corrected chi connectivity index (χ0v) is 14.7. The molecule has 0 amide bonds. The smallest absolute Gasteiger partial charge is 0.188 e. The SMILES string of the molecule is COCOc1c(O)cccc1CN(C)C/C=C/C#CC(C)(C)C. The number of rotatable bonds is 7. The summed E-state index contributed by atoms with van der Waals surface area (Å²) in [7, 11) is 3.56. The van der Waals surface area contributed by atoms with Gasteiger partial charge in [0.05, 0.1) is 0 Å². The van der Waals surface area contributed by atoms with Crippen molar-refractivity contribution in [2.75, 3.05) is 27.5 Å². The quantitative estimate of drug-likeness (QED) is 0.618. The number of ether oxygens (including phenoxy) is 2. The highest BCUT2D eigenvalue weighted by Gasteiger charge is 2.10. The van der Waals surface area contributed by atoms with Crippen LogP contribution in [0, 0.1) is 17.3 Å². The van der Waals surface area contributed by atoms with Crippen molar-refractivity contribution in [3.05, 3.63) is 35.9 Å². The van der Waals surface area contributed by atoms with E-state index >= 15 is 0 Å². The summed E-state index contributed by atoms with van der Waals surface area (Å²) in [5.41, 5.74) is 0.935. The molecule has 0 spiro atoms. The van der Waals surface area contributed by atoms with E-state index < -0.39 is 0 Å². The van der Waals surface area contributed by atoms with Crippen molar-refractivity contribution in [2.45, 2.75) is 27.3 Å². The highest BCUT2D eigenvalue weighted by atomic mass is 16.7. The van der Waals surface area contributed by atoms with Crippen molar-refractivity contribution >= 4 is 0 Å². The van der Waals surface area contributed by atoms with Crippen LogP contribution in [0.25, 0.3) is 0 Å². The fourth-order valence-corrected chi connectivity index (χ4v) is 1.89. The Bertz CT molecular complexity index is 577. The monoisotopic (exact) mass is 317 g/mol. The zero-order valence-electron chi connectivity index (χ0n) is 14.7. The third-order valence-corrected chi connectivity index (χ3v) is 2.90. The molecule has 0 saturated carbocycles. The lowest BCUT2D eigenvalue weighted by Gasteiger charge is -2.18. The van der Waals surface area contributed by atoms with Gasteiger partial charge in [-0.15, -0.1) is 0 Å². The van der Waals surface area contributed by atoms with Crippen molar-refractivity contribution in [3.63, 3.8) is 0 Å². The fraction of sp³-hybridized carbons (Fsp3) is 0.474. The predicted octanol–water partition coefficient (Wildman–Crippen LogP) is 3.41. The number of likely N-dealkylation sites (N-methyl/N-ethyl adjacent to an activating group) is 1. The summed E-state index contributed by atoms with van der Waals surface area (Å²) in [6.07, 6.45) is 3.91. The van der Waals surface area contributed by atoms with Gasteiger partial charge in [0.15, 0.2) is 18.3 Å². The molecular weight excluding hydrogens is 290 g/mol.